The number of carbonyl (C=O) groups is 2. The maximum atomic E-state index is 12.7. The van der Waals surface area contributed by atoms with Gasteiger partial charge in [-0.15, -0.1) is 0 Å². The van der Waals surface area contributed by atoms with Crippen LogP contribution in [0, 0.1) is 13.8 Å². The third-order valence-electron chi connectivity index (χ3n) is 5.35. The lowest BCUT2D eigenvalue weighted by Crippen LogP contribution is -2.39. The van der Waals surface area contributed by atoms with Crippen molar-refractivity contribution in [2.24, 2.45) is 0 Å². The Labute approximate surface area is 181 Å². The van der Waals surface area contributed by atoms with Gasteiger partial charge < -0.3 is 20.1 Å². The van der Waals surface area contributed by atoms with Crippen molar-refractivity contribution < 1.29 is 19.1 Å². The van der Waals surface area contributed by atoms with Gasteiger partial charge in [-0.25, -0.2) is 0 Å². The van der Waals surface area contributed by atoms with E-state index in [9.17, 15) is 9.59 Å². The number of hydrogen-bond donors (Lipinski definition) is 2. The summed E-state index contributed by atoms with van der Waals surface area (Å²) in [5.41, 5.74) is 4.72. The van der Waals surface area contributed by atoms with E-state index in [2.05, 4.69) is 23.6 Å². The van der Waals surface area contributed by atoms with Crippen LogP contribution < -0.4 is 20.1 Å². The number of ether oxygens (including phenoxy) is 2. The molecule has 0 spiro atoms. The van der Waals surface area contributed by atoms with Gasteiger partial charge in [0.05, 0.1) is 12.6 Å². The van der Waals surface area contributed by atoms with E-state index >= 15 is 0 Å². The number of amides is 2. The quantitative estimate of drug-likeness (QED) is 0.643. The predicted octanol–water partition coefficient (Wildman–Crippen LogP) is 3.67. The molecular formula is C25H24N2O4. The van der Waals surface area contributed by atoms with E-state index in [1.54, 1.807) is 18.2 Å². The highest BCUT2D eigenvalue weighted by atomic mass is 16.7. The van der Waals surface area contributed by atoms with E-state index in [-0.39, 0.29) is 31.2 Å². The van der Waals surface area contributed by atoms with Crippen molar-refractivity contribution in [2.45, 2.75) is 19.9 Å². The summed E-state index contributed by atoms with van der Waals surface area (Å²) in [4.78, 5) is 25.2. The Kier molecular flexibility index (Phi) is 5.89. The van der Waals surface area contributed by atoms with Gasteiger partial charge in [-0.2, -0.15) is 0 Å². The predicted molar refractivity (Wildman–Crippen MR) is 117 cm³/mol. The molecule has 1 atom stereocenters. The van der Waals surface area contributed by atoms with Crippen LogP contribution >= 0.6 is 0 Å². The van der Waals surface area contributed by atoms with Gasteiger partial charge in [0.2, 0.25) is 12.7 Å². The third kappa shape index (κ3) is 4.69. The summed E-state index contributed by atoms with van der Waals surface area (Å²) in [7, 11) is 0. The molecule has 1 heterocycles. The van der Waals surface area contributed by atoms with Crippen LogP contribution in [0.1, 0.15) is 38.7 Å². The van der Waals surface area contributed by atoms with E-state index in [4.69, 9.17) is 9.47 Å². The number of nitrogens with one attached hydrogen (secondary N) is 2. The summed E-state index contributed by atoms with van der Waals surface area (Å²) in [5.74, 6) is 0.501. The van der Waals surface area contributed by atoms with E-state index < -0.39 is 0 Å². The van der Waals surface area contributed by atoms with Crippen LogP contribution in [0.3, 0.4) is 0 Å². The molecule has 3 aromatic rings. The Bertz CT molecular complexity index is 1110. The second-order valence-corrected chi connectivity index (χ2v) is 7.51. The van der Waals surface area contributed by atoms with Crippen molar-refractivity contribution in [1.29, 1.82) is 0 Å². The van der Waals surface area contributed by atoms with Gasteiger partial charge in [-0.1, -0.05) is 48.5 Å². The van der Waals surface area contributed by atoms with Crippen molar-refractivity contribution in [3.8, 4) is 11.5 Å². The fourth-order valence-corrected chi connectivity index (χ4v) is 3.46. The first-order valence-electron chi connectivity index (χ1n) is 10.1. The summed E-state index contributed by atoms with van der Waals surface area (Å²) in [6, 6.07) is 20.6. The molecule has 0 fully saturated rings. The van der Waals surface area contributed by atoms with Crippen LogP contribution in [0.25, 0.3) is 0 Å². The van der Waals surface area contributed by atoms with E-state index in [1.807, 2.05) is 49.4 Å². The average molecular weight is 416 g/mol. The molecule has 0 saturated heterocycles. The summed E-state index contributed by atoms with van der Waals surface area (Å²) >= 11 is 0. The molecule has 1 aliphatic heterocycles. The molecule has 2 N–H and O–H groups in total. The summed E-state index contributed by atoms with van der Waals surface area (Å²) in [6.07, 6.45) is 0. The molecule has 0 bridgehead atoms. The van der Waals surface area contributed by atoms with Gasteiger partial charge in [0, 0.05) is 5.56 Å². The van der Waals surface area contributed by atoms with Crippen molar-refractivity contribution >= 4 is 11.8 Å². The van der Waals surface area contributed by atoms with Gasteiger partial charge in [-0.05, 0) is 54.3 Å². The first kappa shape index (κ1) is 20.5. The molecule has 1 aliphatic rings. The summed E-state index contributed by atoms with van der Waals surface area (Å²) < 4.78 is 10.6. The molecule has 6 heteroatoms. The summed E-state index contributed by atoms with van der Waals surface area (Å²) in [6.45, 7) is 4.11. The van der Waals surface area contributed by atoms with Gasteiger partial charge in [-0.3, -0.25) is 9.59 Å². The molecule has 0 aliphatic carbocycles. The lowest BCUT2D eigenvalue weighted by Gasteiger charge is -2.21. The van der Waals surface area contributed by atoms with Crippen molar-refractivity contribution in [1.82, 2.24) is 10.6 Å². The molecule has 4 rings (SSSR count). The highest BCUT2D eigenvalue weighted by Gasteiger charge is 2.19. The maximum absolute atomic E-state index is 12.7. The normalized spacial score (nSPS) is 12.8. The average Bonchev–Trinajstić information content (AvgIpc) is 3.26. The molecule has 6 nitrogen and oxygen atoms in total. The second kappa shape index (κ2) is 8.92. The Morgan fingerprint density at radius 1 is 0.871 bits per heavy atom. The molecule has 0 saturated carbocycles. The van der Waals surface area contributed by atoms with Crippen LogP contribution in [0.5, 0.6) is 11.5 Å². The van der Waals surface area contributed by atoms with Gasteiger partial charge in [0.15, 0.2) is 11.5 Å². The number of aryl methyl sites for hydroxylation is 2. The fourth-order valence-electron chi connectivity index (χ4n) is 3.46. The Morgan fingerprint density at radius 2 is 1.65 bits per heavy atom. The van der Waals surface area contributed by atoms with Crippen LogP contribution in [0.4, 0.5) is 0 Å². The van der Waals surface area contributed by atoms with E-state index in [0.717, 1.165) is 16.7 Å². The lowest BCUT2D eigenvalue weighted by molar-refractivity contribution is -0.120. The monoisotopic (exact) mass is 416 g/mol. The zero-order valence-corrected chi connectivity index (χ0v) is 17.5. The van der Waals surface area contributed by atoms with E-state index in [0.29, 0.717) is 17.1 Å². The second-order valence-electron chi connectivity index (χ2n) is 7.51. The van der Waals surface area contributed by atoms with Gasteiger partial charge >= 0.3 is 0 Å². The topological polar surface area (TPSA) is 76.7 Å². The molecule has 3 aromatic carbocycles. The SMILES string of the molecule is Cc1ccc([C@H](NC(=O)CNC(=O)c2ccc3c(c2)OCO3)c2ccccc2)cc1C. The Morgan fingerprint density at radius 3 is 2.42 bits per heavy atom. The van der Waals surface area contributed by atoms with Crippen LogP contribution in [0.2, 0.25) is 0 Å². The minimum Gasteiger partial charge on any atom is -0.454 e. The molecule has 158 valence electrons. The molecule has 0 radical (unpaired) electrons. The summed E-state index contributed by atoms with van der Waals surface area (Å²) in [5, 5.41) is 5.72. The Balaban J connectivity index is 1.45. The number of rotatable bonds is 6. The number of fused-ring (bicyclic) bond motifs is 1. The Hall–Kier alpha value is -3.80. The standard InChI is InChI=1S/C25H24N2O4/c1-16-8-9-19(12-17(16)2)24(18-6-4-3-5-7-18)27-23(28)14-26-25(29)20-10-11-21-22(13-20)31-15-30-21/h3-13,24H,14-15H2,1-2H3,(H,26,29)(H,27,28)/t24-/m1/s1. The number of carbonyl (C=O) groups excluding carboxylic acids is 2. The van der Waals surface area contributed by atoms with Gasteiger partial charge in [0.1, 0.15) is 0 Å². The van der Waals surface area contributed by atoms with Crippen LogP contribution in [-0.4, -0.2) is 25.2 Å². The first-order valence-corrected chi connectivity index (χ1v) is 10.1. The van der Waals surface area contributed by atoms with Gasteiger partial charge in [0.25, 0.3) is 5.91 Å². The lowest BCUT2D eigenvalue weighted by atomic mass is 9.95. The van der Waals surface area contributed by atoms with Crippen LogP contribution in [-0.2, 0) is 4.79 Å². The molecular weight excluding hydrogens is 392 g/mol. The fraction of sp³-hybridized carbons (Fsp3) is 0.200. The van der Waals surface area contributed by atoms with Crippen molar-refractivity contribution in [3.05, 3.63) is 94.5 Å². The number of hydrogen-bond acceptors (Lipinski definition) is 4. The zero-order valence-electron chi connectivity index (χ0n) is 17.5. The largest absolute Gasteiger partial charge is 0.454 e. The minimum atomic E-state index is -0.351. The molecule has 0 unspecified atom stereocenters. The molecule has 2 amide bonds. The number of benzene rings is 3. The third-order valence-corrected chi connectivity index (χ3v) is 5.35. The molecule has 31 heavy (non-hydrogen) atoms. The highest BCUT2D eigenvalue weighted by molar-refractivity contribution is 5.97. The molecule has 0 aromatic heterocycles. The van der Waals surface area contributed by atoms with Crippen LogP contribution in [0.15, 0.2) is 66.7 Å². The van der Waals surface area contributed by atoms with E-state index in [1.165, 1.54) is 5.56 Å². The minimum absolute atomic E-state index is 0.137. The highest BCUT2D eigenvalue weighted by Crippen LogP contribution is 2.32. The first-order chi connectivity index (χ1) is 15.0. The smallest absolute Gasteiger partial charge is 0.251 e. The van der Waals surface area contributed by atoms with Crippen molar-refractivity contribution in [3.63, 3.8) is 0 Å². The maximum Gasteiger partial charge on any atom is 0.251 e. The van der Waals surface area contributed by atoms with Crippen molar-refractivity contribution in [2.75, 3.05) is 13.3 Å². The zero-order chi connectivity index (χ0) is 21.8.